The van der Waals surface area contributed by atoms with E-state index in [0.29, 0.717) is 17.8 Å². The molecule has 0 unspecified atom stereocenters. The molecule has 0 saturated heterocycles. The molecule has 1 aromatic carbocycles. The van der Waals surface area contributed by atoms with Gasteiger partial charge in [-0.15, -0.1) is 0 Å². The number of nitrogens with one attached hydrogen (secondary N) is 1. The quantitative estimate of drug-likeness (QED) is 0.852. The maximum absolute atomic E-state index is 12.0. The zero-order valence-electron chi connectivity index (χ0n) is 12.0. The van der Waals surface area contributed by atoms with Crippen LogP contribution in [0.4, 0.5) is 5.69 Å². The van der Waals surface area contributed by atoms with Crippen LogP contribution >= 0.6 is 0 Å². The molecule has 6 nitrogen and oxygen atoms in total. The molecule has 1 aromatic rings. The van der Waals surface area contributed by atoms with Gasteiger partial charge in [0.2, 0.25) is 11.8 Å². The van der Waals surface area contributed by atoms with Crippen LogP contribution in [0, 0.1) is 0 Å². The van der Waals surface area contributed by atoms with Crippen LogP contribution in [0.3, 0.4) is 0 Å². The average molecular weight is 290 g/mol. The Labute approximate surface area is 122 Å². The minimum Gasteiger partial charge on any atom is -0.478 e. The van der Waals surface area contributed by atoms with Crippen molar-refractivity contribution in [2.45, 2.75) is 32.7 Å². The molecule has 0 bridgehead atoms. The van der Waals surface area contributed by atoms with Crippen molar-refractivity contribution < 1.29 is 19.5 Å². The first-order valence-electron chi connectivity index (χ1n) is 6.84. The number of rotatable bonds is 5. The lowest BCUT2D eigenvalue weighted by molar-refractivity contribution is -0.121. The number of anilines is 1. The molecule has 1 aliphatic heterocycles. The van der Waals surface area contributed by atoms with Crippen LogP contribution < -0.4 is 10.2 Å². The Hall–Kier alpha value is -2.37. The van der Waals surface area contributed by atoms with Crippen LogP contribution in [0.25, 0.3) is 0 Å². The number of fused-ring (bicyclic) bond motifs is 1. The zero-order chi connectivity index (χ0) is 15.6. The lowest BCUT2D eigenvalue weighted by Crippen LogP contribution is -2.35. The van der Waals surface area contributed by atoms with Crippen LogP contribution in [0.5, 0.6) is 0 Å². The van der Waals surface area contributed by atoms with E-state index in [1.807, 2.05) is 13.8 Å². The Morgan fingerprint density at radius 1 is 1.38 bits per heavy atom. The number of hydrogen-bond donors (Lipinski definition) is 2. The summed E-state index contributed by atoms with van der Waals surface area (Å²) in [7, 11) is 0. The molecule has 0 saturated carbocycles. The fourth-order valence-corrected chi connectivity index (χ4v) is 2.37. The molecule has 2 amide bonds. The maximum atomic E-state index is 12.0. The van der Waals surface area contributed by atoms with Crippen LogP contribution in [-0.4, -0.2) is 35.5 Å². The van der Waals surface area contributed by atoms with Crippen molar-refractivity contribution >= 4 is 23.5 Å². The summed E-state index contributed by atoms with van der Waals surface area (Å²) in [5, 5.41) is 11.7. The first-order valence-corrected chi connectivity index (χ1v) is 6.84. The number of carboxylic acids is 1. The van der Waals surface area contributed by atoms with Crippen molar-refractivity contribution in [2.24, 2.45) is 0 Å². The number of carbonyl (C=O) groups excluding carboxylic acids is 2. The molecule has 0 aliphatic carbocycles. The highest BCUT2D eigenvalue weighted by Gasteiger charge is 2.28. The third kappa shape index (κ3) is 3.39. The van der Waals surface area contributed by atoms with Gasteiger partial charge < -0.3 is 15.3 Å². The molecule has 1 heterocycles. The third-order valence-electron chi connectivity index (χ3n) is 3.27. The van der Waals surface area contributed by atoms with Gasteiger partial charge in [-0.1, -0.05) is 0 Å². The number of amides is 2. The first kappa shape index (κ1) is 15.0. The average Bonchev–Trinajstić information content (AvgIpc) is 2.70. The highest BCUT2D eigenvalue weighted by atomic mass is 16.4. The fourth-order valence-electron chi connectivity index (χ4n) is 2.37. The van der Waals surface area contributed by atoms with Gasteiger partial charge in [0.15, 0.2) is 0 Å². The van der Waals surface area contributed by atoms with Gasteiger partial charge in [-0.3, -0.25) is 9.59 Å². The maximum Gasteiger partial charge on any atom is 0.335 e. The van der Waals surface area contributed by atoms with E-state index in [-0.39, 0.29) is 36.3 Å². The van der Waals surface area contributed by atoms with Gasteiger partial charge in [0.1, 0.15) is 0 Å². The molecule has 0 fully saturated rings. The summed E-state index contributed by atoms with van der Waals surface area (Å²) in [6.07, 6.45) is 0.409. The van der Waals surface area contributed by atoms with Crippen molar-refractivity contribution in [3.8, 4) is 0 Å². The Balaban J connectivity index is 2.08. The number of carboxylic acid groups (broad SMARTS) is 1. The van der Waals surface area contributed by atoms with Gasteiger partial charge in [0.05, 0.1) is 12.0 Å². The molecule has 2 N–H and O–H groups in total. The first-order chi connectivity index (χ1) is 9.88. The van der Waals surface area contributed by atoms with Crippen molar-refractivity contribution in [1.82, 2.24) is 5.32 Å². The van der Waals surface area contributed by atoms with Gasteiger partial charge in [0, 0.05) is 24.7 Å². The second-order valence-electron chi connectivity index (χ2n) is 5.34. The number of nitrogens with zero attached hydrogens (tertiary/aromatic N) is 1. The summed E-state index contributed by atoms with van der Waals surface area (Å²) in [6.45, 7) is 4.06. The lowest BCUT2D eigenvalue weighted by atomic mass is 10.1. The van der Waals surface area contributed by atoms with E-state index >= 15 is 0 Å². The molecule has 21 heavy (non-hydrogen) atoms. The van der Waals surface area contributed by atoms with Crippen molar-refractivity contribution in [2.75, 3.05) is 11.4 Å². The molecular formula is C15H18N2O4. The highest BCUT2D eigenvalue weighted by molar-refractivity contribution is 6.03. The fraction of sp³-hybridized carbons (Fsp3) is 0.400. The molecule has 0 aromatic heterocycles. The van der Waals surface area contributed by atoms with E-state index in [4.69, 9.17) is 5.11 Å². The summed E-state index contributed by atoms with van der Waals surface area (Å²) >= 11 is 0. The van der Waals surface area contributed by atoms with E-state index < -0.39 is 5.97 Å². The monoisotopic (exact) mass is 290 g/mol. The van der Waals surface area contributed by atoms with Gasteiger partial charge >= 0.3 is 5.97 Å². The molecule has 6 heteroatoms. The van der Waals surface area contributed by atoms with E-state index in [0.717, 1.165) is 0 Å². The predicted octanol–water partition coefficient (Wildman–Crippen LogP) is 1.19. The smallest absolute Gasteiger partial charge is 0.335 e. The Morgan fingerprint density at radius 3 is 2.71 bits per heavy atom. The Bertz CT molecular complexity index is 595. The lowest BCUT2D eigenvalue weighted by Gasteiger charge is -2.18. The molecule has 2 rings (SSSR count). The van der Waals surface area contributed by atoms with Crippen LogP contribution in [-0.2, 0) is 16.0 Å². The molecule has 0 radical (unpaired) electrons. The van der Waals surface area contributed by atoms with Gasteiger partial charge in [0.25, 0.3) is 0 Å². The van der Waals surface area contributed by atoms with E-state index in [1.165, 1.54) is 12.1 Å². The minimum atomic E-state index is -1.01. The number of hydrogen-bond acceptors (Lipinski definition) is 3. The van der Waals surface area contributed by atoms with Crippen LogP contribution in [0.2, 0.25) is 0 Å². The molecule has 112 valence electrons. The Morgan fingerprint density at radius 2 is 2.10 bits per heavy atom. The third-order valence-corrected chi connectivity index (χ3v) is 3.27. The molecule has 1 aliphatic rings. The topological polar surface area (TPSA) is 86.7 Å². The summed E-state index contributed by atoms with van der Waals surface area (Å²) < 4.78 is 0. The van der Waals surface area contributed by atoms with E-state index in [1.54, 1.807) is 11.0 Å². The van der Waals surface area contributed by atoms with Crippen molar-refractivity contribution in [3.05, 3.63) is 29.3 Å². The zero-order valence-corrected chi connectivity index (χ0v) is 12.0. The van der Waals surface area contributed by atoms with Gasteiger partial charge in [-0.2, -0.15) is 0 Å². The van der Waals surface area contributed by atoms with E-state index in [9.17, 15) is 14.4 Å². The summed E-state index contributed by atoms with van der Waals surface area (Å²) in [5.41, 5.74) is 1.56. The summed E-state index contributed by atoms with van der Waals surface area (Å²) in [5.74, 6) is -1.22. The molecular weight excluding hydrogens is 272 g/mol. The number of benzene rings is 1. The summed E-state index contributed by atoms with van der Waals surface area (Å²) in [6, 6.07) is 4.69. The number of aromatic carboxylic acids is 1. The van der Waals surface area contributed by atoms with Crippen LogP contribution in [0.15, 0.2) is 18.2 Å². The molecule has 0 atom stereocenters. The standard InChI is InChI=1S/C15H18N2O4/c1-9(2)16-13(18)5-6-17-12-4-3-10(15(20)21)7-11(12)8-14(17)19/h3-4,7,9H,5-6,8H2,1-2H3,(H,16,18)(H,20,21). The highest BCUT2D eigenvalue weighted by Crippen LogP contribution is 2.29. The second kappa shape index (κ2) is 5.95. The van der Waals surface area contributed by atoms with Gasteiger partial charge in [-0.05, 0) is 37.6 Å². The predicted molar refractivity (Wildman–Crippen MR) is 77.4 cm³/mol. The number of carbonyl (C=O) groups is 3. The largest absolute Gasteiger partial charge is 0.478 e. The summed E-state index contributed by atoms with van der Waals surface area (Å²) in [4.78, 5) is 36.1. The molecule has 0 spiro atoms. The normalized spacial score (nSPS) is 13.5. The SMILES string of the molecule is CC(C)NC(=O)CCN1C(=O)Cc2cc(C(=O)O)ccc21. The van der Waals surface area contributed by atoms with E-state index in [2.05, 4.69) is 5.32 Å². The van der Waals surface area contributed by atoms with Crippen molar-refractivity contribution in [1.29, 1.82) is 0 Å². The van der Waals surface area contributed by atoms with Gasteiger partial charge in [-0.25, -0.2) is 4.79 Å². The van der Waals surface area contributed by atoms with Crippen molar-refractivity contribution in [3.63, 3.8) is 0 Å². The van der Waals surface area contributed by atoms with Crippen LogP contribution in [0.1, 0.15) is 36.2 Å². The minimum absolute atomic E-state index is 0.0668. The second-order valence-corrected chi connectivity index (χ2v) is 5.34. The Kier molecular flexibility index (Phi) is 4.26.